The SMILES string of the molecule is COc1cc2c(c(OC)c1OC)-c1ccc(NCC(=O)Nc3ccc(NC(C)=O)cc3)c(=O)cc1[C@H](NC(C)=O)CC2. The van der Waals surface area contributed by atoms with Gasteiger partial charge < -0.3 is 35.5 Å². The zero-order valence-corrected chi connectivity index (χ0v) is 24.2. The Morgan fingerprint density at radius 3 is 2.10 bits per heavy atom. The summed E-state index contributed by atoms with van der Waals surface area (Å²) < 4.78 is 17.0. The van der Waals surface area contributed by atoms with Crippen molar-refractivity contribution in [3.05, 3.63) is 69.9 Å². The van der Waals surface area contributed by atoms with E-state index in [2.05, 4.69) is 21.3 Å². The number of benzene rings is 2. The van der Waals surface area contributed by atoms with Crippen molar-refractivity contribution in [1.82, 2.24) is 5.32 Å². The van der Waals surface area contributed by atoms with Crippen LogP contribution in [0.4, 0.5) is 17.1 Å². The molecule has 1 atom stereocenters. The summed E-state index contributed by atoms with van der Waals surface area (Å²) in [5, 5.41) is 11.3. The van der Waals surface area contributed by atoms with Gasteiger partial charge in [0.25, 0.3) is 0 Å². The van der Waals surface area contributed by atoms with E-state index in [9.17, 15) is 19.2 Å². The first-order valence-electron chi connectivity index (χ1n) is 13.3. The molecule has 0 saturated carbocycles. The van der Waals surface area contributed by atoms with Gasteiger partial charge in [0.05, 0.1) is 39.6 Å². The maximum Gasteiger partial charge on any atom is 0.243 e. The molecule has 1 aliphatic carbocycles. The van der Waals surface area contributed by atoms with E-state index in [1.54, 1.807) is 43.5 Å². The summed E-state index contributed by atoms with van der Waals surface area (Å²) in [4.78, 5) is 49.4. The monoisotopic (exact) mass is 574 g/mol. The standard InChI is InChI=1S/C31H34N4O7/c1-17(36)33-20-7-9-21(10-8-20)35-28(39)16-32-25-13-11-22-23(15-26(25)38)24(34-18(2)37)12-6-19-14-27(40-3)30(41-4)31(42-5)29(19)22/h7-11,13-15,24H,6,12,16H2,1-5H3,(H,32,38)(H,33,36)(H,34,37)(H,35,39)/t24-/m1/s1. The van der Waals surface area contributed by atoms with Crippen LogP contribution in [0.15, 0.2) is 53.3 Å². The lowest BCUT2D eigenvalue weighted by Crippen LogP contribution is -2.27. The van der Waals surface area contributed by atoms with Crippen molar-refractivity contribution in [2.45, 2.75) is 32.7 Å². The van der Waals surface area contributed by atoms with Crippen molar-refractivity contribution in [1.29, 1.82) is 0 Å². The number of rotatable bonds is 9. The fourth-order valence-electron chi connectivity index (χ4n) is 5.07. The predicted octanol–water partition coefficient (Wildman–Crippen LogP) is 3.87. The highest BCUT2D eigenvalue weighted by atomic mass is 16.5. The molecule has 0 aromatic heterocycles. The fourth-order valence-corrected chi connectivity index (χ4v) is 5.07. The Morgan fingerprint density at radius 2 is 1.50 bits per heavy atom. The normalized spacial score (nSPS) is 13.4. The van der Waals surface area contributed by atoms with Gasteiger partial charge in [-0.05, 0) is 72.0 Å². The second-order valence-electron chi connectivity index (χ2n) is 9.76. The summed E-state index contributed by atoms with van der Waals surface area (Å²) in [7, 11) is 4.61. The summed E-state index contributed by atoms with van der Waals surface area (Å²) in [6, 6.07) is 13.0. The lowest BCUT2D eigenvalue weighted by molar-refractivity contribution is -0.120. The van der Waals surface area contributed by atoms with Gasteiger partial charge in [0.1, 0.15) is 0 Å². The highest BCUT2D eigenvalue weighted by Crippen LogP contribution is 2.50. The molecule has 3 amide bonds. The topological polar surface area (TPSA) is 144 Å². The Labute approximate surface area is 243 Å². The quantitative estimate of drug-likeness (QED) is 0.302. The minimum atomic E-state index is -0.441. The fraction of sp³-hybridized carbons (Fsp3) is 0.290. The third-order valence-electron chi connectivity index (χ3n) is 6.84. The number of carbonyl (C=O) groups is 3. The van der Waals surface area contributed by atoms with Crippen molar-refractivity contribution in [3.8, 4) is 28.4 Å². The molecule has 0 radical (unpaired) electrons. The average Bonchev–Trinajstić information content (AvgIpc) is 3.19. The largest absolute Gasteiger partial charge is 0.493 e. The maximum absolute atomic E-state index is 13.4. The summed E-state index contributed by atoms with van der Waals surface area (Å²) >= 11 is 0. The lowest BCUT2D eigenvalue weighted by atomic mass is 9.95. The molecule has 3 aromatic rings. The number of aryl methyl sites for hydroxylation is 1. The Bertz CT molecular complexity index is 1570. The molecule has 42 heavy (non-hydrogen) atoms. The number of nitrogens with one attached hydrogen (secondary N) is 4. The van der Waals surface area contributed by atoms with E-state index >= 15 is 0 Å². The van der Waals surface area contributed by atoms with Crippen LogP contribution in [0.1, 0.15) is 37.4 Å². The van der Waals surface area contributed by atoms with Crippen LogP contribution in [0.3, 0.4) is 0 Å². The van der Waals surface area contributed by atoms with Crippen molar-refractivity contribution < 1.29 is 28.6 Å². The number of carbonyl (C=O) groups excluding carboxylic acids is 3. The van der Waals surface area contributed by atoms with Crippen molar-refractivity contribution in [3.63, 3.8) is 0 Å². The Kier molecular flexibility index (Phi) is 9.31. The number of hydrogen-bond donors (Lipinski definition) is 4. The first kappa shape index (κ1) is 29.9. The molecule has 4 rings (SSSR count). The van der Waals surface area contributed by atoms with Gasteiger partial charge in [-0.15, -0.1) is 0 Å². The molecule has 0 fully saturated rings. The Balaban J connectivity index is 1.68. The smallest absolute Gasteiger partial charge is 0.243 e. The van der Waals surface area contributed by atoms with Crippen LogP contribution in [0.2, 0.25) is 0 Å². The van der Waals surface area contributed by atoms with Gasteiger partial charge in [-0.1, -0.05) is 6.07 Å². The number of hydrogen-bond acceptors (Lipinski definition) is 8. The van der Waals surface area contributed by atoms with Crippen LogP contribution >= 0.6 is 0 Å². The zero-order valence-electron chi connectivity index (χ0n) is 24.2. The number of anilines is 3. The summed E-state index contributed by atoms with van der Waals surface area (Å²) in [5.74, 6) is 0.593. The molecule has 1 aliphatic rings. The van der Waals surface area contributed by atoms with Crippen molar-refractivity contribution in [2.75, 3.05) is 43.8 Å². The van der Waals surface area contributed by atoms with Gasteiger partial charge in [0.15, 0.2) is 11.5 Å². The van der Waals surface area contributed by atoms with Crippen LogP contribution in [0.25, 0.3) is 11.1 Å². The van der Waals surface area contributed by atoms with E-state index in [0.29, 0.717) is 52.6 Å². The van der Waals surface area contributed by atoms with Crippen molar-refractivity contribution in [2.24, 2.45) is 0 Å². The molecule has 0 unspecified atom stereocenters. The lowest BCUT2D eigenvalue weighted by Gasteiger charge is -2.19. The molecule has 11 heteroatoms. The number of fused-ring (bicyclic) bond motifs is 3. The molecule has 0 heterocycles. The zero-order chi connectivity index (χ0) is 30.4. The van der Waals surface area contributed by atoms with E-state index in [-0.39, 0.29) is 35.4 Å². The number of ether oxygens (including phenoxy) is 3. The van der Waals surface area contributed by atoms with Gasteiger partial charge in [0, 0.05) is 30.8 Å². The van der Waals surface area contributed by atoms with Crippen molar-refractivity contribution >= 4 is 34.8 Å². The Morgan fingerprint density at radius 1 is 0.833 bits per heavy atom. The van der Waals surface area contributed by atoms with Gasteiger partial charge in [-0.2, -0.15) is 0 Å². The van der Waals surface area contributed by atoms with E-state index in [1.807, 2.05) is 6.07 Å². The minimum Gasteiger partial charge on any atom is -0.493 e. The molecule has 0 saturated heterocycles. The van der Waals surface area contributed by atoms with E-state index in [4.69, 9.17) is 14.2 Å². The molecule has 11 nitrogen and oxygen atoms in total. The highest BCUT2D eigenvalue weighted by molar-refractivity contribution is 5.94. The van der Waals surface area contributed by atoms with E-state index in [0.717, 1.165) is 11.1 Å². The second-order valence-corrected chi connectivity index (χ2v) is 9.76. The van der Waals surface area contributed by atoms with Crippen LogP contribution in [0.5, 0.6) is 17.2 Å². The summed E-state index contributed by atoms with van der Waals surface area (Å²) in [6.45, 7) is 2.68. The van der Waals surface area contributed by atoms with Gasteiger partial charge in [0.2, 0.25) is 28.9 Å². The Hall–Kier alpha value is -5.06. The third-order valence-corrected chi connectivity index (χ3v) is 6.84. The van der Waals surface area contributed by atoms with Crippen LogP contribution in [0, 0.1) is 0 Å². The predicted molar refractivity (Wildman–Crippen MR) is 161 cm³/mol. The maximum atomic E-state index is 13.4. The molecule has 0 aliphatic heterocycles. The molecule has 0 bridgehead atoms. The summed E-state index contributed by atoms with van der Waals surface area (Å²) in [6.07, 6.45) is 1.12. The first-order valence-corrected chi connectivity index (χ1v) is 13.3. The van der Waals surface area contributed by atoms with Gasteiger partial charge >= 0.3 is 0 Å². The van der Waals surface area contributed by atoms with E-state index in [1.165, 1.54) is 34.1 Å². The molecule has 0 spiro atoms. The van der Waals surface area contributed by atoms with Crippen LogP contribution in [-0.4, -0.2) is 45.6 Å². The highest BCUT2D eigenvalue weighted by Gasteiger charge is 2.29. The van der Waals surface area contributed by atoms with Crippen LogP contribution < -0.4 is 40.9 Å². The number of methoxy groups -OCH3 is 3. The van der Waals surface area contributed by atoms with Gasteiger partial charge in [-0.25, -0.2) is 0 Å². The first-order chi connectivity index (χ1) is 20.1. The molecule has 3 aromatic carbocycles. The molecular formula is C31H34N4O7. The molecular weight excluding hydrogens is 540 g/mol. The van der Waals surface area contributed by atoms with Gasteiger partial charge in [-0.3, -0.25) is 19.2 Å². The third kappa shape index (κ3) is 6.63. The van der Waals surface area contributed by atoms with E-state index < -0.39 is 6.04 Å². The minimum absolute atomic E-state index is 0.169. The van der Waals surface area contributed by atoms with Crippen LogP contribution in [-0.2, 0) is 20.8 Å². The summed E-state index contributed by atoms with van der Waals surface area (Å²) in [5.41, 5.74) is 3.97. The molecule has 4 N–H and O–H groups in total. The number of amides is 3. The second kappa shape index (κ2) is 13.1. The average molecular weight is 575 g/mol. The molecule has 220 valence electrons.